The fraction of sp³-hybridized carbons (Fsp3) is 0.200. The third kappa shape index (κ3) is 4.68. The van der Waals surface area contributed by atoms with Gasteiger partial charge >= 0.3 is 0 Å². The van der Waals surface area contributed by atoms with Crippen LogP contribution >= 0.6 is 27.3 Å². The van der Waals surface area contributed by atoms with Gasteiger partial charge in [-0.1, -0.05) is 18.2 Å². The molecule has 0 atom stereocenters. The number of hydrogen-bond acceptors (Lipinski definition) is 4. The molecule has 0 fully saturated rings. The number of para-hydroxylation sites is 1. The average Bonchev–Trinajstić information content (AvgIpc) is 2.84. The molecule has 110 valence electrons. The summed E-state index contributed by atoms with van der Waals surface area (Å²) in [5.41, 5.74) is 4.46. The van der Waals surface area contributed by atoms with E-state index in [0.29, 0.717) is 0 Å². The van der Waals surface area contributed by atoms with E-state index in [2.05, 4.69) is 26.5 Å². The number of hydrogen-bond donors (Lipinski definition) is 1. The maximum Gasteiger partial charge on any atom is 0.277 e. The molecular formula is C15H15BrN2O2S. The molecule has 1 amide bonds. The van der Waals surface area contributed by atoms with Crippen molar-refractivity contribution in [3.63, 3.8) is 0 Å². The number of rotatable bonds is 5. The van der Waals surface area contributed by atoms with Gasteiger partial charge in [-0.05, 0) is 53.0 Å². The highest BCUT2D eigenvalue weighted by molar-refractivity contribution is 9.11. The Morgan fingerprint density at radius 2 is 2.05 bits per heavy atom. The minimum absolute atomic E-state index is 0.0584. The van der Waals surface area contributed by atoms with Crippen molar-refractivity contribution in [1.82, 2.24) is 5.43 Å². The van der Waals surface area contributed by atoms with Crippen LogP contribution in [-0.2, 0) is 4.79 Å². The van der Waals surface area contributed by atoms with Crippen molar-refractivity contribution in [2.24, 2.45) is 5.10 Å². The van der Waals surface area contributed by atoms with Gasteiger partial charge < -0.3 is 4.74 Å². The third-order valence-corrected chi connectivity index (χ3v) is 4.29. The highest BCUT2D eigenvalue weighted by Gasteiger charge is 2.06. The van der Waals surface area contributed by atoms with Gasteiger partial charge in [0, 0.05) is 4.88 Å². The van der Waals surface area contributed by atoms with Gasteiger partial charge in [0.05, 0.1) is 10.0 Å². The number of benzene rings is 1. The third-order valence-electron chi connectivity index (χ3n) is 2.73. The summed E-state index contributed by atoms with van der Waals surface area (Å²) in [6, 6.07) is 9.70. The zero-order valence-corrected chi connectivity index (χ0v) is 14.1. The molecule has 0 aliphatic carbocycles. The first kappa shape index (κ1) is 15.7. The predicted octanol–water partition coefficient (Wildman–Crippen LogP) is 3.66. The van der Waals surface area contributed by atoms with Crippen LogP contribution in [0.5, 0.6) is 5.75 Å². The van der Waals surface area contributed by atoms with Crippen molar-refractivity contribution in [3.05, 3.63) is 50.1 Å². The number of hydrazone groups is 1. The Morgan fingerprint density at radius 3 is 2.67 bits per heavy atom. The first-order chi connectivity index (χ1) is 10.1. The van der Waals surface area contributed by atoms with E-state index < -0.39 is 0 Å². The van der Waals surface area contributed by atoms with E-state index in [0.717, 1.165) is 25.5 Å². The fourth-order valence-corrected chi connectivity index (χ4v) is 3.06. The van der Waals surface area contributed by atoms with Crippen LogP contribution in [0.4, 0.5) is 0 Å². The van der Waals surface area contributed by atoms with Gasteiger partial charge in [0.15, 0.2) is 6.61 Å². The van der Waals surface area contributed by atoms with Crippen molar-refractivity contribution in [1.29, 1.82) is 0 Å². The number of aryl methyl sites for hydroxylation is 2. The molecule has 1 aromatic carbocycles. The Kier molecular flexibility index (Phi) is 5.52. The molecule has 1 N–H and O–H groups in total. The second kappa shape index (κ2) is 7.38. The topological polar surface area (TPSA) is 50.7 Å². The highest BCUT2D eigenvalue weighted by Crippen LogP contribution is 2.22. The quantitative estimate of drug-likeness (QED) is 0.648. The van der Waals surface area contributed by atoms with Crippen LogP contribution in [0.25, 0.3) is 0 Å². The molecule has 21 heavy (non-hydrogen) atoms. The molecule has 0 radical (unpaired) electrons. The minimum atomic E-state index is -0.287. The number of nitrogens with one attached hydrogen (secondary N) is 1. The van der Waals surface area contributed by atoms with Gasteiger partial charge in [-0.2, -0.15) is 5.10 Å². The van der Waals surface area contributed by atoms with E-state index >= 15 is 0 Å². The lowest BCUT2D eigenvalue weighted by Gasteiger charge is -2.10. The second-order valence-corrected chi connectivity index (χ2v) is 6.94. The van der Waals surface area contributed by atoms with Crippen molar-refractivity contribution in [2.45, 2.75) is 13.8 Å². The summed E-state index contributed by atoms with van der Waals surface area (Å²) < 4.78 is 6.57. The smallest absolute Gasteiger partial charge is 0.277 e. The van der Waals surface area contributed by atoms with Crippen molar-refractivity contribution < 1.29 is 9.53 Å². The highest BCUT2D eigenvalue weighted by atomic mass is 79.9. The van der Waals surface area contributed by atoms with E-state index in [1.54, 1.807) is 6.21 Å². The van der Waals surface area contributed by atoms with E-state index in [9.17, 15) is 4.79 Å². The normalized spacial score (nSPS) is 10.8. The average molecular weight is 367 g/mol. The lowest BCUT2D eigenvalue weighted by atomic mass is 10.1. The van der Waals surface area contributed by atoms with Crippen LogP contribution in [0.2, 0.25) is 0 Å². The van der Waals surface area contributed by atoms with E-state index in [-0.39, 0.29) is 12.5 Å². The molecule has 0 aliphatic heterocycles. The molecule has 2 rings (SSSR count). The predicted molar refractivity (Wildman–Crippen MR) is 89.2 cm³/mol. The van der Waals surface area contributed by atoms with Crippen LogP contribution < -0.4 is 10.2 Å². The van der Waals surface area contributed by atoms with Gasteiger partial charge in [0.1, 0.15) is 5.75 Å². The van der Waals surface area contributed by atoms with Gasteiger partial charge in [-0.25, -0.2) is 5.43 Å². The Labute approximate surface area is 136 Å². The van der Waals surface area contributed by atoms with Crippen LogP contribution in [-0.4, -0.2) is 18.7 Å². The number of ether oxygens (including phenoxy) is 1. The van der Waals surface area contributed by atoms with Crippen LogP contribution in [0.3, 0.4) is 0 Å². The Hall–Kier alpha value is -1.66. The molecule has 1 aromatic heterocycles. The summed E-state index contributed by atoms with van der Waals surface area (Å²) in [4.78, 5) is 12.6. The molecule has 0 spiro atoms. The summed E-state index contributed by atoms with van der Waals surface area (Å²) in [7, 11) is 0. The first-order valence-electron chi connectivity index (χ1n) is 6.32. The molecule has 0 unspecified atom stereocenters. The SMILES string of the molecule is Cc1cccc(C)c1OCC(=O)N/N=C\c1ccc(Br)s1. The van der Waals surface area contributed by atoms with Gasteiger partial charge in [-0.3, -0.25) is 4.79 Å². The Bertz CT molecular complexity index is 647. The summed E-state index contributed by atoms with van der Waals surface area (Å²) >= 11 is 4.91. The van der Waals surface area contributed by atoms with Gasteiger partial charge in [-0.15, -0.1) is 11.3 Å². The molecule has 0 bridgehead atoms. The maximum atomic E-state index is 11.7. The number of thiophene rings is 1. The number of amides is 1. The largest absolute Gasteiger partial charge is 0.483 e. The molecule has 0 aliphatic rings. The van der Waals surface area contributed by atoms with Crippen molar-refractivity contribution >= 4 is 39.4 Å². The standard InChI is InChI=1S/C15H15BrN2O2S/c1-10-4-3-5-11(2)15(10)20-9-14(19)18-17-8-12-6-7-13(16)21-12/h3-8H,9H2,1-2H3,(H,18,19)/b17-8-. The summed E-state index contributed by atoms with van der Waals surface area (Å²) in [6.45, 7) is 3.84. The van der Waals surface area contributed by atoms with E-state index in [1.807, 2.05) is 44.2 Å². The minimum Gasteiger partial charge on any atom is -0.483 e. The summed E-state index contributed by atoms with van der Waals surface area (Å²) in [5.74, 6) is 0.461. The summed E-state index contributed by atoms with van der Waals surface area (Å²) in [6.07, 6.45) is 1.60. The lowest BCUT2D eigenvalue weighted by Crippen LogP contribution is -2.24. The Balaban J connectivity index is 1.84. The van der Waals surface area contributed by atoms with Gasteiger partial charge in [0.25, 0.3) is 5.91 Å². The maximum absolute atomic E-state index is 11.7. The second-order valence-electron chi connectivity index (χ2n) is 4.44. The fourth-order valence-electron chi connectivity index (χ4n) is 1.76. The molecule has 1 heterocycles. The van der Waals surface area contributed by atoms with Crippen molar-refractivity contribution in [3.8, 4) is 5.75 Å². The zero-order chi connectivity index (χ0) is 15.2. The summed E-state index contributed by atoms with van der Waals surface area (Å²) in [5, 5.41) is 3.90. The molecule has 6 heteroatoms. The zero-order valence-electron chi connectivity index (χ0n) is 11.7. The van der Waals surface area contributed by atoms with Crippen LogP contribution in [0.1, 0.15) is 16.0 Å². The van der Waals surface area contributed by atoms with Gasteiger partial charge in [0.2, 0.25) is 0 Å². The number of carbonyl (C=O) groups is 1. The van der Waals surface area contributed by atoms with E-state index in [1.165, 1.54) is 11.3 Å². The van der Waals surface area contributed by atoms with Crippen molar-refractivity contribution in [2.75, 3.05) is 6.61 Å². The molecule has 0 saturated carbocycles. The Morgan fingerprint density at radius 1 is 1.33 bits per heavy atom. The number of nitrogens with zero attached hydrogens (tertiary/aromatic N) is 1. The van der Waals surface area contributed by atoms with Crippen LogP contribution in [0, 0.1) is 13.8 Å². The van der Waals surface area contributed by atoms with E-state index in [4.69, 9.17) is 4.74 Å². The number of halogens is 1. The number of carbonyl (C=O) groups excluding carboxylic acids is 1. The molecule has 4 nitrogen and oxygen atoms in total. The van der Waals surface area contributed by atoms with Crippen LogP contribution in [0.15, 0.2) is 39.2 Å². The monoisotopic (exact) mass is 366 g/mol. The molecule has 2 aromatic rings. The lowest BCUT2D eigenvalue weighted by molar-refractivity contribution is -0.123. The molecule has 0 saturated heterocycles. The first-order valence-corrected chi connectivity index (χ1v) is 7.93. The molecular weight excluding hydrogens is 352 g/mol.